The molecule has 0 aliphatic heterocycles. The van der Waals surface area contributed by atoms with Gasteiger partial charge < -0.3 is 15.4 Å². The molecule has 0 saturated heterocycles. The Hall–Kier alpha value is -1.55. The minimum atomic E-state index is -0.474. The van der Waals surface area contributed by atoms with Crippen LogP contribution in [-0.4, -0.2) is 55.8 Å². The monoisotopic (exact) mass is 519 g/mol. The summed E-state index contributed by atoms with van der Waals surface area (Å²) in [6, 6.07) is 8.68. The Morgan fingerprint density at radius 3 is 2.24 bits per heavy atom. The average molecular weight is 519 g/mol. The van der Waals surface area contributed by atoms with Crippen LogP contribution in [0.4, 0.5) is 10.5 Å². The zero-order valence-corrected chi connectivity index (χ0v) is 20.9. The number of nitrogens with one attached hydrogen (secondary N) is 3. The van der Waals surface area contributed by atoms with Gasteiger partial charge in [-0.25, -0.2) is 9.79 Å². The van der Waals surface area contributed by atoms with E-state index in [-0.39, 0.29) is 24.0 Å². The van der Waals surface area contributed by atoms with Crippen LogP contribution in [-0.2, 0) is 11.3 Å². The Kier molecular flexibility index (Phi) is 14.5. The van der Waals surface area contributed by atoms with Gasteiger partial charge >= 0.3 is 6.09 Å². The van der Waals surface area contributed by atoms with E-state index in [1.807, 2.05) is 24.3 Å². The summed E-state index contributed by atoms with van der Waals surface area (Å²) in [5, 5.41) is 9.33. The highest BCUT2D eigenvalue weighted by Gasteiger charge is 2.12. The molecule has 7 nitrogen and oxygen atoms in total. The molecule has 1 amide bonds. The molecule has 0 fully saturated rings. The van der Waals surface area contributed by atoms with Crippen LogP contribution in [0.15, 0.2) is 29.3 Å². The molecule has 0 heterocycles. The molecule has 166 valence electrons. The lowest BCUT2D eigenvalue weighted by Crippen LogP contribution is -2.41. The summed E-state index contributed by atoms with van der Waals surface area (Å²) >= 11 is 0. The van der Waals surface area contributed by atoms with Crippen LogP contribution in [0.1, 0.15) is 46.6 Å². The summed E-state index contributed by atoms with van der Waals surface area (Å²) in [7, 11) is 1.34. The standard InChI is InChI=1S/C21H37N5O2.HI/c1-7-22-20(23-13-8-14-26(16(2)3)17(4)5)24-15-18-9-11-19(12-10-18)25-21(27)28-6;/h9-12,16-17H,7-8,13-15H2,1-6H3,(H,25,27)(H2,22,23,24);1H. The first-order valence-corrected chi connectivity index (χ1v) is 10.1. The summed E-state index contributed by atoms with van der Waals surface area (Å²) in [4.78, 5) is 18.4. The summed E-state index contributed by atoms with van der Waals surface area (Å²) in [5.41, 5.74) is 1.77. The molecule has 29 heavy (non-hydrogen) atoms. The number of hydrogen-bond acceptors (Lipinski definition) is 4. The molecule has 0 aliphatic rings. The van der Waals surface area contributed by atoms with Crippen molar-refractivity contribution in [3.05, 3.63) is 29.8 Å². The normalized spacial score (nSPS) is 11.4. The SMILES string of the molecule is CCNC(=NCc1ccc(NC(=O)OC)cc1)NCCCN(C(C)C)C(C)C.I. The van der Waals surface area contributed by atoms with E-state index in [1.165, 1.54) is 7.11 Å². The fourth-order valence-corrected chi connectivity index (χ4v) is 2.96. The minimum absolute atomic E-state index is 0. The largest absolute Gasteiger partial charge is 0.453 e. The molecule has 1 rings (SSSR count). The number of guanidine groups is 1. The highest BCUT2D eigenvalue weighted by Crippen LogP contribution is 2.10. The number of nitrogens with zero attached hydrogens (tertiary/aromatic N) is 2. The number of ether oxygens (including phenoxy) is 1. The maximum Gasteiger partial charge on any atom is 0.411 e. The van der Waals surface area contributed by atoms with Crippen molar-refractivity contribution in [1.29, 1.82) is 0 Å². The van der Waals surface area contributed by atoms with E-state index >= 15 is 0 Å². The first-order chi connectivity index (χ1) is 13.4. The van der Waals surface area contributed by atoms with Gasteiger partial charge in [-0.05, 0) is 58.7 Å². The van der Waals surface area contributed by atoms with Crippen molar-refractivity contribution in [2.24, 2.45) is 4.99 Å². The maximum atomic E-state index is 11.2. The van der Waals surface area contributed by atoms with Crippen LogP contribution >= 0.6 is 24.0 Å². The number of carbonyl (C=O) groups excluding carboxylic acids is 1. The Labute approximate surface area is 193 Å². The third-order valence-electron chi connectivity index (χ3n) is 4.36. The Balaban J connectivity index is 0.00000784. The van der Waals surface area contributed by atoms with Crippen LogP contribution in [0.25, 0.3) is 0 Å². The molecule has 0 aromatic heterocycles. The number of hydrogen-bond donors (Lipinski definition) is 3. The fourth-order valence-electron chi connectivity index (χ4n) is 2.96. The maximum absolute atomic E-state index is 11.2. The predicted molar refractivity (Wildman–Crippen MR) is 132 cm³/mol. The number of benzene rings is 1. The van der Waals surface area contributed by atoms with Gasteiger partial charge in [0.05, 0.1) is 13.7 Å². The second-order valence-electron chi connectivity index (χ2n) is 7.21. The lowest BCUT2D eigenvalue weighted by molar-refractivity contribution is 0.173. The van der Waals surface area contributed by atoms with Crippen molar-refractivity contribution in [2.45, 2.75) is 59.7 Å². The van der Waals surface area contributed by atoms with Gasteiger partial charge in [0.15, 0.2) is 5.96 Å². The van der Waals surface area contributed by atoms with Gasteiger partial charge in [0, 0.05) is 37.4 Å². The van der Waals surface area contributed by atoms with E-state index in [9.17, 15) is 4.79 Å². The Morgan fingerprint density at radius 1 is 1.10 bits per heavy atom. The summed E-state index contributed by atoms with van der Waals surface area (Å²) in [5.74, 6) is 0.819. The van der Waals surface area contributed by atoms with E-state index in [4.69, 9.17) is 0 Å². The first kappa shape index (κ1) is 27.5. The van der Waals surface area contributed by atoms with E-state index < -0.39 is 6.09 Å². The molecule has 0 atom stereocenters. The third-order valence-corrected chi connectivity index (χ3v) is 4.36. The lowest BCUT2D eigenvalue weighted by Gasteiger charge is -2.30. The van der Waals surface area contributed by atoms with Gasteiger partial charge in [0.2, 0.25) is 0 Å². The number of carbonyl (C=O) groups is 1. The van der Waals surface area contributed by atoms with Crippen LogP contribution in [0.5, 0.6) is 0 Å². The van der Waals surface area contributed by atoms with Gasteiger partial charge in [-0.2, -0.15) is 0 Å². The fraction of sp³-hybridized carbons (Fsp3) is 0.619. The zero-order chi connectivity index (χ0) is 20.9. The van der Waals surface area contributed by atoms with E-state index in [1.54, 1.807) is 0 Å². The van der Waals surface area contributed by atoms with E-state index in [0.29, 0.717) is 24.3 Å². The molecule has 8 heteroatoms. The van der Waals surface area contributed by atoms with Crippen molar-refractivity contribution < 1.29 is 9.53 Å². The van der Waals surface area contributed by atoms with Gasteiger partial charge in [-0.3, -0.25) is 10.2 Å². The highest BCUT2D eigenvalue weighted by molar-refractivity contribution is 14.0. The van der Waals surface area contributed by atoms with E-state index in [2.05, 4.69) is 65.2 Å². The van der Waals surface area contributed by atoms with E-state index in [0.717, 1.165) is 37.6 Å². The Morgan fingerprint density at radius 2 is 1.72 bits per heavy atom. The van der Waals surface area contributed by atoms with Crippen LogP contribution < -0.4 is 16.0 Å². The quantitative estimate of drug-likeness (QED) is 0.188. The molecule has 0 spiro atoms. The van der Waals surface area contributed by atoms with Gasteiger partial charge in [-0.15, -0.1) is 24.0 Å². The van der Waals surface area contributed by atoms with Crippen molar-refractivity contribution >= 4 is 41.7 Å². The third kappa shape index (κ3) is 11.3. The number of methoxy groups -OCH3 is 1. The molecule has 0 bridgehead atoms. The number of rotatable bonds is 10. The molecule has 0 saturated carbocycles. The topological polar surface area (TPSA) is 78.0 Å². The molecule has 0 unspecified atom stereocenters. The molecule has 1 aromatic carbocycles. The lowest BCUT2D eigenvalue weighted by atomic mass is 10.2. The number of halogens is 1. The smallest absolute Gasteiger partial charge is 0.411 e. The molecule has 0 radical (unpaired) electrons. The molecular formula is C21H38IN5O2. The molecule has 0 aliphatic carbocycles. The second kappa shape index (κ2) is 15.3. The van der Waals surface area contributed by atoms with Crippen molar-refractivity contribution in [2.75, 3.05) is 32.1 Å². The van der Waals surface area contributed by atoms with Crippen LogP contribution in [0, 0.1) is 0 Å². The van der Waals surface area contributed by atoms with Crippen molar-refractivity contribution in [1.82, 2.24) is 15.5 Å². The minimum Gasteiger partial charge on any atom is -0.453 e. The van der Waals surface area contributed by atoms with Gasteiger partial charge in [0.25, 0.3) is 0 Å². The zero-order valence-electron chi connectivity index (χ0n) is 18.6. The molecule has 3 N–H and O–H groups in total. The highest BCUT2D eigenvalue weighted by atomic mass is 127. The number of anilines is 1. The predicted octanol–water partition coefficient (Wildman–Crippen LogP) is 4.05. The van der Waals surface area contributed by atoms with Gasteiger partial charge in [-0.1, -0.05) is 12.1 Å². The number of amides is 1. The van der Waals surface area contributed by atoms with Crippen molar-refractivity contribution in [3.8, 4) is 0 Å². The first-order valence-electron chi connectivity index (χ1n) is 10.1. The average Bonchev–Trinajstić information content (AvgIpc) is 2.66. The number of aliphatic imine (C=N–C) groups is 1. The van der Waals surface area contributed by atoms with Gasteiger partial charge in [0.1, 0.15) is 0 Å². The van der Waals surface area contributed by atoms with Crippen molar-refractivity contribution in [3.63, 3.8) is 0 Å². The molecular weight excluding hydrogens is 481 g/mol. The summed E-state index contributed by atoms with van der Waals surface area (Å²) in [6.45, 7) is 14.4. The second-order valence-corrected chi connectivity index (χ2v) is 7.21. The Bertz CT molecular complexity index is 598. The molecule has 1 aromatic rings. The summed E-state index contributed by atoms with van der Waals surface area (Å²) < 4.78 is 4.59. The van der Waals surface area contributed by atoms with Crippen LogP contribution in [0.2, 0.25) is 0 Å². The van der Waals surface area contributed by atoms with Crippen LogP contribution in [0.3, 0.4) is 0 Å². The summed E-state index contributed by atoms with van der Waals surface area (Å²) in [6.07, 6.45) is 0.590.